The van der Waals surface area contributed by atoms with Gasteiger partial charge in [-0.25, -0.2) is 9.97 Å². The van der Waals surface area contributed by atoms with Gasteiger partial charge in [0.15, 0.2) is 10.8 Å². The van der Waals surface area contributed by atoms with Crippen molar-refractivity contribution in [2.75, 3.05) is 5.73 Å². The first-order valence-corrected chi connectivity index (χ1v) is 3.58. The van der Waals surface area contributed by atoms with E-state index in [0.29, 0.717) is 10.8 Å². The molecule has 0 aliphatic rings. The zero-order chi connectivity index (χ0) is 7.56. The third-order valence-corrected chi connectivity index (χ3v) is 1.52. The fourth-order valence-electron chi connectivity index (χ4n) is 0.551. The first-order chi connectivity index (χ1) is 4.74. The van der Waals surface area contributed by atoms with Crippen molar-refractivity contribution >= 4 is 17.8 Å². The van der Waals surface area contributed by atoms with Gasteiger partial charge in [-0.3, -0.25) is 5.14 Å². The van der Waals surface area contributed by atoms with E-state index < -0.39 is 0 Å². The molecule has 10 heavy (non-hydrogen) atoms. The van der Waals surface area contributed by atoms with Gasteiger partial charge in [-0.2, -0.15) is 0 Å². The van der Waals surface area contributed by atoms with Crippen molar-refractivity contribution in [2.24, 2.45) is 5.14 Å². The number of hydrogen-bond acceptors (Lipinski definition) is 5. The molecule has 0 unspecified atom stereocenters. The maximum Gasteiger partial charge on any atom is 0.157 e. The number of nitrogens with two attached hydrogens (primary N) is 2. The lowest BCUT2D eigenvalue weighted by molar-refractivity contribution is 1.01. The van der Waals surface area contributed by atoms with Gasteiger partial charge < -0.3 is 5.73 Å². The van der Waals surface area contributed by atoms with Crippen LogP contribution in [0.2, 0.25) is 0 Å². The van der Waals surface area contributed by atoms with E-state index in [0.717, 1.165) is 17.6 Å². The summed E-state index contributed by atoms with van der Waals surface area (Å²) in [7, 11) is 0. The molecule has 0 aliphatic heterocycles. The molecule has 5 heteroatoms. The molecule has 4 nitrogen and oxygen atoms in total. The van der Waals surface area contributed by atoms with E-state index in [1.807, 2.05) is 6.92 Å². The maximum atomic E-state index is 5.43. The molecule has 0 saturated carbocycles. The minimum atomic E-state index is 0.387. The van der Waals surface area contributed by atoms with E-state index in [-0.39, 0.29) is 0 Å². The van der Waals surface area contributed by atoms with Crippen LogP contribution in [0.25, 0.3) is 0 Å². The fraction of sp³-hybridized carbons (Fsp3) is 0.200. The average Bonchev–Trinajstić information content (AvgIpc) is 1.94. The highest BCUT2D eigenvalue weighted by Crippen LogP contribution is 2.14. The highest BCUT2D eigenvalue weighted by atomic mass is 32.2. The molecule has 0 radical (unpaired) electrons. The van der Waals surface area contributed by atoms with Crippen molar-refractivity contribution < 1.29 is 0 Å². The summed E-state index contributed by atoms with van der Waals surface area (Å²) < 4.78 is 0. The van der Waals surface area contributed by atoms with Gasteiger partial charge in [-0.15, -0.1) is 0 Å². The van der Waals surface area contributed by atoms with Crippen LogP contribution in [-0.2, 0) is 0 Å². The molecule has 0 fully saturated rings. The Morgan fingerprint density at radius 3 is 2.80 bits per heavy atom. The molecule has 0 aliphatic carbocycles. The Balaban J connectivity index is 3.09. The first-order valence-electron chi connectivity index (χ1n) is 2.70. The van der Waals surface area contributed by atoms with Crippen molar-refractivity contribution in [1.82, 2.24) is 9.97 Å². The zero-order valence-electron chi connectivity index (χ0n) is 5.53. The van der Waals surface area contributed by atoms with Crippen LogP contribution in [0.3, 0.4) is 0 Å². The summed E-state index contributed by atoms with van der Waals surface area (Å²) >= 11 is 1.01. The largest absolute Gasteiger partial charge is 0.381 e. The van der Waals surface area contributed by atoms with E-state index in [1.54, 1.807) is 6.20 Å². The quantitative estimate of drug-likeness (QED) is 0.573. The van der Waals surface area contributed by atoms with Crippen LogP contribution in [0.4, 0.5) is 5.82 Å². The molecule has 4 N–H and O–H groups in total. The Bertz CT molecular complexity index is 237. The average molecular weight is 156 g/mol. The van der Waals surface area contributed by atoms with E-state index >= 15 is 0 Å². The number of nitrogens with zero attached hydrogens (tertiary/aromatic N) is 2. The maximum absolute atomic E-state index is 5.43. The van der Waals surface area contributed by atoms with Crippen LogP contribution in [0, 0.1) is 6.92 Å². The SMILES string of the molecule is Cc1cnc(N)c(SN)n1. The standard InChI is InChI=1S/C5H8N4S/c1-3-2-8-4(6)5(9-3)10-7/h2H,7H2,1H3,(H2,6,8). The molecule has 1 rings (SSSR count). The Kier molecular flexibility index (Phi) is 2.08. The summed E-state index contributed by atoms with van der Waals surface area (Å²) in [5.74, 6) is 0.387. The number of nitrogen functional groups attached to an aromatic ring is 1. The van der Waals surface area contributed by atoms with Gasteiger partial charge in [0, 0.05) is 0 Å². The Morgan fingerprint density at radius 2 is 2.30 bits per heavy atom. The fourth-order valence-corrected chi connectivity index (χ4v) is 0.921. The summed E-state index contributed by atoms with van der Waals surface area (Å²) in [6.45, 7) is 1.84. The van der Waals surface area contributed by atoms with Crippen molar-refractivity contribution in [1.29, 1.82) is 0 Å². The number of rotatable bonds is 1. The summed E-state index contributed by atoms with van der Waals surface area (Å²) in [5.41, 5.74) is 6.25. The smallest absolute Gasteiger partial charge is 0.157 e. The number of aromatic nitrogens is 2. The zero-order valence-corrected chi connectivity index (χ0v) is 6.35. The topological polar surface area (TPSA) is 77.8 Å². The lowest BCUT2D eigenvalue weighted by Gasteiger charge is -1.98. The molecular formula is C5H8N4S. The van der Waals surface area contributed by atoms with Crippen LogP contribution in [0.1, 0.15) is 5.69 Å². The summed E-state index contributed by atoms with van der Waals surface area (Å²) in [4.78, 5) is 7.91. The van der Waals surface area contributed by atoms with Crippen LogP contribution in [0.15, 0.2) is 11.2 Å². The third-order valence-electron chi connectivity index (χ3n) is 0.999. The summed E-state index contributed by atoms with van der Waals surface area (Å²) in [5, 5.41) is 5.84. The Hall–Kier alpha value is -0.810. The van der Waals surface area contributed by atoms with E-state index in [9.17, 15) is 0 Å². The van der Waals surface area contributed by atoms with Crippen molar-refractivity contribution in [3.8, 4) is 0 Å². The minimum Gasteiger partial charge on any atom is -0.381 e. The van der Waals surface area contributed by atoms with Gasteiger partial charge >= 0.3 is 0 Å². The molecule has 1 aromatic heterocycles. The number of aryl methyl sites for hydroxylation is 1. The van der Waals surface area contributed by atoms with E-state index in [1.165, 1.54) is 0 Å². The van der Waals surface area contributed by atoms with Crippen LogP contribution in [-0.4, -0.2) is 9.97 Å². The van der Waals surface area contributed by atoms with Gasteiger partial charge in [-0.05, 0) is 18.9 Å². The van der Waals surface area contributed by atoms with E-state index in [4.69, 9.17) is 10.9 Å². The molecule has 0 atom stereocenters. The molecule has 0 spiro atoms. The van der Waals surface area contributed by atoms with Gasteiger partial charge in [0.1, 0.15) is 0 Å². The van der Waals surface area contributed by atoms with Crippen LogP contribution < -0.4 is 10.9 Å². The van der Waals surface area contributed by atoms with Gasteiger partial charge in [0.2, 0.25) is 0 Å². The Morgan fingerprint density at radius 1 is 1.60 bits per heavy atom. The van der Waals surface area contributed by atoms with E-state index in [2.05, 4.69) is 9.97 Å². The van der Waals surface area contributed by atoms with Gasteiger partial charge in [0.05, 0.1) is 11.9 Å². The second-order valence-electron chi connectivity index (χ2n) is 1.82. The monoisotopic (exact) mass is 156 g/mol. The first kappa shape index (κ1) is 7.30. The second kappa shape index (κ2) is 2.85. The molecule has 0 saturated heterocycles. The van der Waals surface area contributed by atoms with Crippen LogP contribution in [0.5, 0.6) is 0 Å². The highest BCUT2D eigenvalue weighted by molar-refractivity contribution is 7.97. The molecule has 1 heterocycles. The summed E-state index contributed by atoms with van der Waals surface area (Å²) in [6, 6.07) is 0. The number of anilines is 1. The van der Waals surface area contributed by atoms with Crippen molar-refractivity contribution in [3.63, 3.8) is 0 Å². The second-order valence-corrected chi connectivity index (χ2v) is 2.44. The minimum absolute atomic E-state index is 0.387. The van der Waals surface area contributed by atoms with Crippen molar-refractivity contribution in [3.05, 3.63) is 11.9 Å². The predicted octanol–water partition coefficient (Wildman–Crippen LogP) is 0.333. The normalized spacial score (nSPS) is 9.80. The molecule has 54 valence electrons. The number of hydrogen-bond donors (Lipinski definition) is 2. The van der Waals surface area contributed by atoms with Crippen molar-refractivity contribution in [2.45, 2.75) is 11.9 Å². The lowest BCUT2D eigenvalue weighted by Crippen LogP contribution is -1.98. The lowest BCUT2D eigenvalue weighted by atomic mass is 10.5. The predicted molar refractivity (Wildman–Crippen MR) is 41.2 cm³/mol. The summed E-state index contributed by atoms with van der Waals surface area (Å²) in [6.07, 6.45) is 1.61. The van der Waals surface area contributed by atoms with Gasteiger partial charge in [-0.1, -0.05) is 0 Å². The van der Waals surface area contributed by atoms with Gasteiger partial charge in [0.25, 0.3) is 0 Å². The molecule has 0 bridgehead atoms. The molecule has 0 aromatic carbocycles. The molecule has 1 aromatic rings. The van der Waals surface area contributed by atoms with Crippen LogP contribution >= 0.6 is 11.9 Å². The molecular weight excluding hydrogens is 148 g/mol. The Labute approximate surface area is 63.2 Å². The third kappa shape index (κ3) is 1.37. The molecule has 0 amide bonds. The highest BCUT2D eigenvalue weighted by Gasteiger charge is 1.99.